The lowest BCUT2D eigenvalue weighted by atomic mass is 10.1. The molecular weight excluding hydrogens is 292 g/mol. The molecule has 0 spiro atoms. The summed E-state index contributed by atoms with van der Waals surface area (Å²) in [5.74, 6) is -0.795. The second-order valence-electron chi connectivity index (χ2n) is 5.20. The molecule has 0 saturated carbocycles. The third-order valence-corrected chi connectivity index (χ3v) is 4.24. The Balaban J connectivity index is 1.89. The lowest BCUT2D eigenvalue weighted by Crippen LogP contribution is -2.53. The van der Waals surface area contributed by atoms with Gasteiger partial charge in [-0.25, -0.2) is 0 Å². The van der Waals surface area contributed by atoms with Gasteiger partial charge in [0.2, 0.25) is 5.91 Å². The Morgan fingerprint density at radius 2 is 1.86 bits per heavy atom. The average molecular weight is 311 g/mol. The van der Waals surface area contributed by atoms with Crippen LogP contribution < -0.4 is 0 Å². The first-order valence-corrected chi connectivity index (χ1v) is 7.35. The number of nitrogens with zero attached hydrogens (tertiary/aromatic N) is 2. The Morgan fingerprint density at radius 1 is 1.24 bits per heavy atom. The van der Waals surface area contributed by atoms with E-state index in [1.165, 1.54) is 0 Å². The van der Waals surface area contributed by atoms with E-state index in [1.807, 2.05) is 23.1 Å². The molecule has 1 aliphatic heterocycles. The predicted octanol–water partition coefficient (Wildman–Crippen LogP) is 1.50. The minimum atomic E-state index is -0.828. The van der Waals surface area contributed by atoms with Gasteiger partial charge < -0.3 is 10.0 Å². The number of halogens is 1. The molecule has 21 heavy (non-hydrogen) atoms. The highest BCUT2D eigenvalue weighted by Crippen LogP contribution is 2.17. The van der Waals surface area contributed by atoms with Crippen LogP contribution in [-0.4, -0.2) is 59.0 Å². The number of amides is 1. The van der Waals surface area contributed by atoms with E-state index in [0.29, 0.717) is 31.2 Å². The standard InChI is InChI=1S/C15H19ClN2O3/c1-11(15(20)21)17-6-8-18(9-7-17)14(19)10-12-4-2-3-5-13(12)16/h2-5,11H,6-10H2,1H3,(H,20,21)/t11-/m1/s1. The minimum Gasteiger partial charge on any atom is -0.480 e. The molecule has 5 nitrogen and oxygen atoms in total. The van der Waals surface area contributed by atoms with E-state index in [-0.39, 0.29) is 12.3 Å². The fraction of sp³-hybridized carbons (Fsp3) is 0.467. The molecule has 2 rings (SSSR count). The van der Waals surface area contributed by atoms with Crippen LogP contribution in [-0.2, 0) is 16.0 Å². The smallest absolute Gasteiger partial charge is 0.320 e. The first-order valence-electron chi connectivity index (χ1n) is 6.97. The average Bonchev–Trinajstić information content (AvgIpc) is 2.49. The quantitative estimate of drug-likeness (QED) is 0.915. The van der Waals surface area contributed by atoms with Gasteiger partial charge in [0, 0.05) is 31.2 Å². The van der Waals surface area contributed by atoms with Gasteiger partial charge in [0.05, 0.1) is 6.42 Å². The predicted molar refractivity (Wildman–Crippen MR) is 80.4 cm³/mol. The highest BCUT2D eigenvalue weighted by Gasteiger charge is 2.27. The molecule has 0 radical (unpaired) electrons. The molecule has 0 aromatic heterocycles. The molecular formula is C15H19ClN2O3. The molecule has 1 aliphatic rings. The number of hydrogen-bond acceptors (Lipinski definition) is 3. The molecule has 1 saturated heterocycles. The molecule has 114 valence electrons. The first-order chi connectivity index (χ1) is 9.99. The molecule has 1 heterocycles. The first kappa shape index (κ1) is 15.8. The fourth-order valence-electron chi connectivity index (χ4n) is 2.43. The van der Waals surface area contributed by atoms with Gasteiger partial charge in [-0.05, 0) is 18.6 Å². The molecule has 1 N–H and O–H groups in total. The topological polar surface area (TPSA) is 60.9 Å². The van der Waals surface area contributed by atoms with Crippen molar-refractivity contribution in [2.45, 2.75) is 19.4 Å². The van der Waals surface area contributed by atoms with Crippen molar-refractivity contribution in [3.05, 3.63) is 34.9 Å². The highest BCUT2D eigenvalue weighted by atomic mass is 35.5. The van der Waals surface area contributed by atoms with Gasteiger partial charge in [0.25, 0.3) is 0 Å². The Kier molecular flexibility index (Phi) is 5.20. The second-order valence-corrected chi connectivity index (χ2v) is 5.61. The summed E-state index contributed by atoms with van der Waals surface area (Å²) in [7, 11) is 0. The molecule has 1 aromatic carbocycles. The van der Waals surface area contributed by atoms with Crippen molar-refractivity contribution in [3.8, 4) is 0 Å². The van der Waals surface area contributed by atoms with Crippen LogP contribution in [0.25, 0.3) is 0 Å². The number of carbonyl (C=O) groups excluding carboxylic acids is 1. The van der Waals surface area contributed by atoms with Crippen molar-refractivity contribution < 1.29 is 14.7 Å². The van der Waals surface area contributed by atoms with Crippen LogP contribution in [0.2, 0.25) is 5.02 Å². The van der Waals surface area contributed by atoms with E-state index in [4.69, 9.17) is 16.7 Å². The minimum absolute atomic E-state index is 0.0331. The molecule has 0 bridgehead atoms. The van der Waals surface area contributed by atoms with E-state index < -0.39 is 12.0 Å². The molecule has 6 heteroatoms. The Labute approximate surface area is 129 Å². The van der Waals surface area contributed by atoms with E-state index in [2.05, 4.69) is 0 Å². The monoisotopic (exact) mass is 310 g/mol. The van der Waals surface area contributed by atoms with Gasteiger partial charge >= 0.3 is 5.97 Å². The summed E-state index contributed by atoms with van der Waals surface area (Å²) in [6.45, 7) is 3.95. The maximum atomic E-state index is 12.3. The summed E-state index contributed by atoms with van der Waals surface area (Å²) in [5, 5.41) is 9.60. The zero-order valence-corrected chi connectivity index (χ0v) is 12.7. The number of carboxylic acids is 1. The summed E-state index contributed by atoms with van der Waals surface area (Å²) < 4.78 is 0. The van der Waals surface area contributed by atoms with Gasteiger partial charge in [0.1, 0.15) is 6.04 Å². The molecule has 1 aromatic rings. The molecule has 0 unspecified atom stereocenters. The van der Waals surface area contributed by atoms with Crippen molar-refractivity contribution in [1.29, 1.82) is 0 Å². The van der Waals surface area contributed by atoms with Crippen LogP contribution in [0.5, 0.6) is 0 Å². The van der Waals surface area contributed by atoms with Gasteiger partial charge in [-0.1, -0.05) is 29.8 Å². The number of benzene rings is 1. The maximum Gasteiger partial charge on any atom is 0.320 e. The number of rotatable bonds is 4. The second kappa shape index (κ2) is 6.91. The van der Waals surface area contributed by atoms with Gasteiger partial charge in [-0.2, -0.15) is 0 Å². The molecule has 1 atom stereocenters. The van der Waals surface area contributed by atoms with E-state index in [9.17, 15) is 9.59 Å². The zero-order chi connectivity index (χ0) is 15.4. The number of aliphatic carboxylic acids is 1. The Morgan fingerprint density at radius 3 is 2.43 bits per heavy atom. The third kappa shape index (κ3) is 3.95. The number of carbonyl (C=O) groups is 2. The number of carboxylic acid groups (broad SMARTS) is 1. The van der Waals surface area contributed by atoms with Crippen molar-refractivity contribution in [2.24, 2.45) is 0 Å². The zero-order valence-electron chi connectivity index (χ0n) is 12.0. The van der Waals surface area contributed by atoms with Gasteiger partial charge in [0.15, 0.2) is 0 Å². The van der Waals surface area contributed by atoms with Crippen LogP contribution >= 0.6 is 11.6 Å². The number of piperazine rings is 1. The number of hydrogen-bond donors (Lipinski definition) is 1. The van der Waals surface area contributed by atoms with Crippen LogP contribution in [0.3, 0.4) is 0 Å². The molecule has 1 amide bonds. The SMILES string of the molecule is C[C@H](C(=O)O)N1CCN(C(=O)Cc2ccccc2Cl)CC1. The molecule has 1 fully saturated rings. The van der Waals surface area contributed by atoms with E-state index in [1.54, 1.807) is 17.9 Å². The van der Waals surface area contributed by atoms with Crippen molar-refractivity contribution in [1.82, 2.24) is 9.80 Å². The summed E-state index contributed by atoms with van der Waals surface area (Å²) in [6.07, 6.45) is 0.286. The fourth-order valence-corrected chi connectivity index (χ4v) is 2.63. The van der Waals surface area contributed by atoms with Crippen LogP contribution in [0.4, 0.5) is 0 Å². The lowest BCUT2D eigenvalue weighted by molar-refractivity contribution is -0.144. The summed E-state index contributed by atoms with van der Waals surface area (Å²) in [6, 6.07) is 6.81. The van der Waals surface area contributed by atoms with Crippen molar-refractivity contribution >= 4 is 23.5 Å². The van der Waals surface area contributed by atoms with Gasteiger partial charge in [-0.3, -0.25) is 14.5 Å². The van der Waals surface area contributed by atoms with Crippen molar-refractivity contribution in [3.63, 3.8) is 0 Å². The van der Waals surface area contributed by atoms with Crippen LogP contribution in [0, 0.1) is 0 Å². The normalized spacial score (nSPS) is 17.5. The summed E-state index contributed by atoms with van der Waals surface area (Å²) in [4.78, 5) is 26.9. The highest BCUT2D eigenvalue weighted by molar-refractivity contribution is 6.31. The van der Waals surface area contributed by atoms with Crippen molar-refractivity contribution in [2.75, 3.05) is 26.2 Å². The summed E-state index contributed by atoms with van der Waals surface area (Å²) in [5.41, 5.74) is 0.825. The van der Waals surface area contributed by atoms with E-state index >= 15 is 0 Å². The van der Waals surface area contributed by atoms with Crippen LogP contribution in [0.15, 0.2) is 24.3 Å². The largest absolute Gasteiger partial charge is 0.480 e. The Hall–Kier alpha value is -1.59. The Bertz CT molecular complexity index is 527. The molecule has 0 aliphatic carbocycles. The maximum absolute atomic E-state index is 12.3. The van der Waals surface area contributed by atoms with E-state index in [0.717, 1.165) is 5.56 Å². The lowest BCUT2D eigenvalue weighted by Gasteiger charge is -2.36. The van der Waals surface area contributed by atoms with Crippen LogP contribution in [0.1, 0.15) is 12.5 Å². The summed E-state index contributed by atoms with van der Waals surface area (Å²) >= 11 is 6.06. The third-order valence-electron chi connectivity index (χ3n) is 3.87. The van der Waals surface area contributed by atoms with Gasteiger partial charge in [-0.15, -0.1) is 0 Å².